The Balaban J connectivity index is 1.68. The third-order valence-corrected chi connectivity index (χ3v) is 13.3. The molecule has 0 aromatic heterocycles. The van der Waals surface area contributed by atoms with E-state index in [-0.39, 0.29) is 10.8 Å². The smallest absolute Gasteiger partial charge is 0.412 e. The minimum Gasteiger partial charge on any atom is -0.465 e. The molecule has 2 atom stereocenters. The first-order chi connectivity index (χ1) is 25.0. The van der Waals surface area contributed by atoms with Crippen molar-refractivity contribution in [2.45, 2.75) is 149 Å². The van der Waals surface area contributed by atoms with Crippen LogP contribution in [0.4, 0.5) is 10.5 Å². The van der Waals surface area contributed by atoms with Crippen molar-refractivity contribution in [3.05, 3.63) is 112 Å². The van der Waals surface area contributed by atoms with Crippen molar-refractivity contribution in [2.75, 3.05) is 4.90 Å². The highest BCUT2D eigenvalue weighted by atomic mass is 16.4. The number of carboxylic acid groups (broad SMARTS) is 1. The molecule has 0 radical (unpaired) electrons. The van der Waals surface area contributed by atoms with Crippen molar-refractivity contribution in [2.24, 2.45) is 11.8 Å². The Morgan fingerprint density at radius 1 is 0.642 bits per heavy atom. The van der Waals surface area contributed by atoms with E-state index in [1.54, 1.807) is 4.90 Å². The average Bonchev–Trinajstić information content (AvgIpc) is 3.57. The fourth-order valence-electron chi connectivity index (χ4n) is 9.75. The predicted octanol–water partition coefficient (Wildman–Crippen LogP) is 14.3. The number of fused-ring (bicyclic) bond motifs is 10. The van der Waals surface area contributed by atoms with Crippen LogP contribution in [0.1, 0.15) is 161 Å². The molecule has 0 fully saturated rings. The second kappa shape index (κ2) is 14.4. The average molecular weight is 712 g/mol. The van der Waals surface area contributed by atoms with Crippen LogP contribution in [-0.2, 0) is 16.2 Å². The first-order valence-corrected chi connectivity index (χ1v) is 20.6. The Labute approximate surface area is 321 Å². The molecule has 1 spiro atoms. The van der Waals surface area contributed by atoms with E-state index in [0.717, 1.165) is 42.5 Å². The van der Waals surface area contributed by atoms with E-state index in [1.165, 1.54) is 70.2 Å². The highest BCUT2D eigenvalue weighted by molar-refractivity contribution is 6.02. The second-order valence-corrected chi connectivity index (χ2v) is 18.7. The lowest BCUT2D eigenvalue weighted by atomic mass is 9.67. The summed E-state index contributed by atoms with van der Waals surface area (Å²) in [6.07, 6.45) is 8.46. The number of amides is 1. The molecule has 0 saturated carbocycles. The minimum absolute atomic E-state index is 0.0530. The van der Waals surface area contributed by atoms with Gasteiger partial charge in [-0.1, -0.05) is 154 Å². The zero-order chi connectivity index (χ0) is 38.5. The zero-order valence-electron chi connectivity index (χ0n) is 34.6. The number of rotatable bonds is 13. The van der Waals surface area contributed by atoms with Crippen molar-refractivity contribution in [3.8, 4) is 22.3 Å². The zero-order valence-corrected chi connectivity index (χ0v) is 34.6. The lowest BCUT2D eigenvalue weighted by Crippen LogP contribution is -2.45. The third kappa shape index (κ3) is 6.55. The normalized spacial score (nSPS) is 18.1. The van der Waals surface area contributed by atoms with Crippen molar-refractivity contribution < 1.29 is 9.90 Å². The van der Waals surface area contributed by atoms with Crippen LogP contribution < -0.4 is 4.90 Å². The molecule has 53 heavy (non-hydrogen) atoms. The van der Waals surface area contributed by atoms with Gasteiger partial charge in [-0.15, -0.1) is 0 Å². The molecule has 0 heterocycles. The standard InChI is InChI=1S/C50H65NO2/c1-12-48(10,29-17-19-33(3)4)35-25-27-37-38-28-26-36(49(11,13-2)30-18-20-34(5)6)32-43(38)50(42(37)31-35)40-22-15-14-21-39(40)45-41(50)23-16-24-44(45)51(46(52)53)47(7,8)9/h14-16,21-28,31-34H,12-13,17-20,29-30H2,1-11H3,(H,52,53). The summed E-state index contributed by atoms with van der Waals surface area (Å²) in [5.74, 6) is 1.39. The lowest BCUT2D eigenvalue weighted by Gasteiger charge is -2.36. The van der Waals surface area contributed by atoms with Crippen LogP contribution in [0.3, 0.4) is 0 Å². The second-order valence-electron chi connectivity index (χ2n) is 18.7. The maximum atomic E-state index is 13.1. The van der Waals surface area contributed by atoms with Crippen LogP contribution in [0, 0.1) is 11.8 Å². The van der Waals surface area contributed by atoms with E-state index in [1.807, 2.05) is 26.8 Å². The lowest BCUT2D eigenvalue weighted by molar-refractivity contribution is 0.195. The Hall–Kier alpha value is -3.85. The summed E-state index contributed by atoms with van der Waals surface area (Å²) in [6.45, 7) is 24.9. The highest BCUT2D eigenvalue weighted by Gasteiger charge is 2.53. The topological polar surface area (TPSA) is 40.5 Å². The molecule has 2 aliphatic carbocycles. The predicted molar refractivity (Wildman–Crippen MR) is 226 cm³/mol. The number of hydrogen-bond acceptors (Lipinski definition) is 1. The molecule has 6 rings (SSSR count). The van der Waals surface area contributed by atoms with Gasteiger partial charge in [-0.3, -0.25) is 4.90 Å². The van der Waals surface area contributed by atoms with E-state index in [4.69, 9.17) is 0 Å². The van der Waals surface area contributed by atoms with E-state index in [0.29, 0.717) is 11.8 Å². The van der Waals surface area contributed by atoms with Crippen LogP contribution in [0.15, 0.2) is 78.9 Å². The van der Waals surface area contributed by atoms with Crippen molar-refractivity contribution in [1.29, 1.82) is 0 Å². The van der Waals surface area contributed by atoms with E-state index >= 15 is 0 Å². The molecule has 4 aromatic carbocycles. The summed E-state index contributed by atoms with van der Waals surface area (Å²) >= 11 is 0. The number of anilines is 1. The molecule has 1 amide bonds. The Morgan fingerprint density at radius 3 is 1.58 bits per heavy atom. The molecule has 282 valence electrons. The maximum Gasteiger partial charge on any atom is 0.412 e. The molecule has 0 aliphatic heterocycles. The van der Waals surface area contributed by atoms with Gasteiger partial charge in [-0.05, 0) is 125 Å². The number of benzene rings is 4. The van der Waals surface area contributed by atoms with Gasteiger partial charge in [0.1, 0.15) is 0 Å². The third-order valence-electron chi connectivity index (χ3n) is 13.3. The van der Waals surface area contributed by atoms with Gasteiger partial charge in [0.05, 0.1) is 11.1 Å². The van der Waals surface area contributed by atoms with Gasteiger partial charge in [0.25, 0.3) is 0 Å². The molecule has 2 unspecified atom stereocenters. The Morgan fingerprint density at radius 2 is 1.13 bits per heavy atom. The fraction of sp³-hybridized carbons (Fsp3) is 0.500. The summed E-state index contributed by atoms with van der Waals surface area (Å²) < 4.78 is 0. The molecular weight excluding hydrogens is 647 g/mol. The molecule has 4 aromatic rings. The number of carbonyl (C=O) groups is 1. The highest BCUT2D eigenvalue weighted by Crippen LogP contribution is 2.65. The minimum atomic E-state index is -0.929. The summed E-state index contributed by atoms with van der Waals surface area (Å²) in [6, 6.07) is 30.0. The van der Waals surface area contributed by atoms with Crippen molar-refractivity contribution >= 4 is 11.8 Å². The molecular formula is C50H65NO2. The fourth-order valence-corrected chi connectivity index (χ4v) is 9.75. The van der Waals surface area contributed by atoms with Crippen LogP contribution in [0.25, 0.3) is 22.3 Å². The van der Waals surface area contributed by atoms with Gasteiger partial charge >= 0.3 is 6.09 Å². The maximum absolute atomic E-state index is 13.1. The van der Waals surface area contributed by atoms with Gasteiger partial charge in [0.2, 0.25) is 0 Å². The summed E-state index contributed by atoms with van der Waals surface area (Å²) in [7, 11) is 0. The molecule has 0 saturated heterocycles. The molecule has 0 bridgehead atoms. The summed E-state index contributed by atoms with van der Waals surface area (Å²) in [5.41, 5.74) is 12.4. The first kappa shape index (κ1) is 38.9. The van der Waals surface area contributed by atoms with Gasteiger partial charge in [0.15, 0.2) is 0 Å². The van der Waals surface area contributed by atoms with Gasteiger partial charge in [-0.2, -0.15) is 0 Å². The van der Waals surface area contributed by atoms with Gasteiger partial charge in [0, 0.05) is 11.1 Å². The van der Waals surface area contributed by atoms with E-state index < -0.39 is 17.0 Å². The van der Waals surface area contributed by atoms with Crippen molar-refractivity contribution in [1.82, 2.24) is 0 Å². The van der Waals surface area contributed by atoms with Gasteiger partial charge < -0.3 is 5.11 Å². The molecule has 2 aliphatic rings. The quantitative estimate of drug-likeness (QED) is 0.130. The van der Waals surface area contributed by atoms with Crippen LogP contribution >= 0.6 is 0 Å². The summed E-state index contributed by atoms with van der Waals surface area (Å²) in [4.78, 5) is 14.7. The van der Waals surface area contributed by atoms with E-state index in [9.17, 15) is 9.90 Å². The SMILES string of the molecule is CCC(C)(CCCC(C)C)c1ccc2c(c1)C1(c3cc(C(C)(CC)CCCC(C)C)ccc3-2)c2ccccc2-c2c(N(C(=O)O)C(C)(C)C)cccc21. The van der Waals surface area contributed by atoms with Crippen LogP contribution in [0.2, 0.25) is 0 Å². The van der Waals surface area contributed by atoms with Crippen LogP contribution in [0.5, 0.6) is 0 Å². The summed E-state index contributed by atoms with van der Waals surface area (Å²) in [5, 5.41) is 10.8. The van der Waals surface area contributed by atoms with Crippen molar-refractivity contribution in [3.63, 3.8) is 0 Å². The van der Waals surface area contributed by atoms with Gasteiger partial charge in [-0.25, -0.2) is 4.79 Å². The first-order valence-electron chi connectivity index (χ1n) is 20.6. The number of nitrogens with zero attached hydrogens (tertiary/aromatic N) is 1. The number of hydrogen-bond donors (Lipinski definition) is 1. The molecule has 3 heteroatoms. The van der Waals surface area contributed by atoms with E-state index in [2.05, 4.69) is 128 Å². The molecule has 1 N–H and O–H groups in total. The monoisotopic (exact) mass is 712 g/mol. The molecule has 3 nitrogen and oxygen atoms in total. The Bertz CT molecular complexity index is 1900. The largest absolute Gasteiger partial charge is 0.465 e. The Kier molecular flexibility index (Phi) is 10.6. The van der Waals surface area contributed by atoms with Crippen LogP contribution in [-0.4, -0.2) is 16.7 Å².